The number of hydrogen-bond acceptors (Lipinski definition) is 6. The summed E-state index contributed by atoms with van der Waals surface area (Å²) in [4.78, 5) is 17.6. The molecule has 0 amide bonds. The van der Waals surface area contributed by atoms with Crippen molar-refractivity contribution in [3.8, 4) is 0 Å². The van der Waals surface area contributed by atoms with Crippen LogP contribution in [0.5, 0.6) is 0 Å². The van der Waals surface area contributed by atoms with Gasteiger partial charge in [-0.15, -0.1) is 0 Å². The predicted molar refractivity (Wildman–Crippen MR) is 127 cm³/mol. The molecule has 0 aromatic heterocycles. The Labute approximate surface area is 197 Å². The maximum Gasteiger partial charge on any atom is 0.307 e. The smallest absolute Gasteiger partial charge is 0.307 e. The molecular formula is C27H36N2O4. The average molecular weight is 453 g/mol. The van der Waals surface area contributed by atoms with E-state index >= 15 is 0 Å². The molecule has 0 saturated carbocycles. The van der Waals surface area contributed by atoms with Crippen LogP contribution in [-0.4, -0.2) is 60.1 Å². The van der Waals surface area contributed by atoms with Crippen LogP contribution in [0.25, 0.3) is 0 Å². The van der Waals surface area contributed by atoms with Crippen LogP contribution in [0.4, 0.5) is 0 Å². The number of carbonyl (C=O) groups is 1. The van der Waals surface area contributed by atoms with E-state index in [1.807, 2.05) is 26.0 Å². The van der Waals surface area contributed by atoms with Gasteiger partial charge in [-0.1, -0.05) is 60.7 Å². The topological polar surface area (TPSA) is 51.2 Å². The fourth-order valence-corrected chi connectivity index (χ4v) is 5.21. The van der Waals surface area contributed by atoms with Crippen molar-refractivity contribution in [2.45, 2.75) is 70.9 Å². The van der Waals surface area contributed by atoms with Crippen molar-refractivity contribution in [1.29, 1.82) is 0 Å². The number of nitrogens with zero attached hydrogens (tertiary/aromatic N) is 2. The Bertz CT molecular complexity index is 872. The molecule has 4 rings (SSSR count). The third-order valence-corrected chi connectivity index (χ3v) is 6.62. The summed E-state index contributed by atoms with van der Waals surface area (Å²) in [7, 11) is 0. The molecule has 33 heavy (non-hydrogen) atoms. The van der Waals surface area contributed by atoms with Crippen molar-refractivity contribution in [1.82, 2.24) is 9.80 Å². The monoisotopic (exact) mass is 452 g/mol. The summed E-state index contributed by atoms with van der Waals surface area (Å²) in [6.45, 7) is 8.98. The maximum atomic E-state index is 12.6. The minimum absolute atomic E-state index is 0.0409. The molecule has 2 aliphatic heterocycles. The minimum atomic E-state index is -0.199. The molecule has 2 aliphatic rings. The van der Waals surface area contributed by atoms with E-state index in [-0.39, 0.29) is 36.7 Å². The highest BCUT2D eigenvalue weighted by molar-refractivity contribution is 5.70. The Morgan fingerprint density at radius 2 is 1.67 bits per heavy atom. The van der Waals surface area contributed by atoms with Gasteiger partial charge in [-0.05, 0) is 31.9 Å². The molecule has 2 aromatic rings. The minimum Gasteiger partial charge on any atom is -0.466 e. The second kappa shape index (κ2) is 11.3. The van der Waals surface area contributed by atoms with E-state index in [1.165, 1.54) is 11.1 Å². The molecule has 0 bridgehead atoms. The molecular weight excluding hydrogens is 416 g/mol. The van der Waals surface area contributed by atoms with E-state index in [0.29, 0.717) is 13.0 Å². The van der Waals surface area contributed by atoms with Crippen LogP contribution in [-0.2, 0) is 25.5 Å². The van der Waals surface area contributed by atoms with E-state index in [1.54, 1.807) is 0 Å². The van der Waals surface area contributed by atoms with Gasteiger partial charge in [0, 0.05) is 44.2 Å². The third-order valence-electron chi connectivity index (χ3n) is 6.62. The van der Waals surface area contributed by atoms with Crippen LogP contribution < -0.4 is 0 Å². The lowest BCUT2D eigenvalue weighted by Crippen LogP contribution is -2.61. The number of benzene rings is 2. The van der Waals surface area contributed by atoms with Crippen LogP contribution in [0, 0.1) is 0 Å². The van der Waals surface area contributed by atoms with Crippen LogP contribution >= 0.6 is 0 Å². The highest BCUT2D eigenvalue weighted by Gasteiger charge is 2.41. The first-order valence-corrected chi connectivity index (χ1v) is 12.1. The molecule has 6 heteroatoms. The number of hydrogen-bond donors (Lipinski definition) is 0. The van der Waals surface area contributed by atoms with Crippen molar-refractivity contribution < 1.29 is 19.0 Å². The second-order valence-corrected chi connectivity index (χ2v) is 9.04. The Kier molecular flexibility index (Phi) is 8.15. The molecule has 178 valence electrons. The van der Waals surface area contributed by atoms with Crippen molar-refractivity contribution in [3.05, 3.63) is 71.8 Å². The summed E-state index contributed by atoms with van der Waals surface area (Å²) in [5, 5.41) is 0. The Balaban J connectivity index is 1.60. The van der Waals surface area contributed by atoms with Crippen molar-refractivity contribution in [2.75, 3.05) is 19.7 Å². The van der Waals surface area contributed by atoms with Crippen molar-refractivity contribution >= 4 is 5.97 Å². The number of esters is 1. The second-order valence-electron chi connectivity index (χ2n) is 9.04. The lowest BCUT2D eigenvalue weighted by atomic mass is 9.94. The first-order chi connectivity index (χ1) is 16.0. The molecule has 0 aliphatic carbocycles. The highest BCUT2D eigenvalue weighted by atomic mass is 16.9. The first kappa shape index (κ1) is 23.9. The Morgan fingerprint density at radius 3 is 2.30 bits per heavy atom. The normalized spacial score (nSPS) is 27.0. The van der Waals surface area contributed by atoms with E-state index in [2.05, 4.69) is 65.3 Å². The molecule has 2 heterocycles. The summed E-state index contributed by atoms with van der Waals surface area (Å²) in [6.07, 6.45) is 0.798. The molecule has 6 nitrogen and oxygen atoms in total. The van der Waals surface area contributed by atoms with Gasteiger partial charge in [0.15, 0.2) is 12.6 Å². The van der Waals surface area contributed by atoms with Gasteiger partial charge in [-0.2, -0.15) is 0 Å². The van der Waals surface area contributed by atoms with E-state index < -0.39 is 0 Å². The quantitative estimate of drug-likeness (QED) is 0.527. The number of rotatable bonds is 9. The van der Waals surface area contributed by atoms with Crippen molar-refractivity contribution in [2.24, 2.45) is 0 Å². The molecule has 0 N–H and O–H groups in total. The van der Waals surface area contributed by atoms with Gasteiger partial charge in [-0.3, -0.25) is 14.6 Å². The fourth-order valence-electron chi connectivity index (χ4n) is 5.21. The maximum absolute atomic E-state index is 12.6. The molecule has 0 spiro atoms. The van der Waals surface area contributed by atoms with Gasteiger partial charge in [0.1, 0.15) is 0 Å². The lowest BCUT2D eigenvalue weighted by Gasteiger charge is -2.51. The van der Waals surface area contributed by atoms with Crippen LogP contribution in [0.3, 0.4) is 0 Å². The van der Waals surface area contributed by atoms with Crippen LogP contribution in [0.1, 0.15) is 50.8 Å². The zero-order valence-electron chi connectivity index (χ0n) is 19.9. The summed E-state index contributed by atoms with van der Waals surface area (Å²) < 4.78 is 17.0. The predicted octanol–water partition coefficient (Wildman–Crippen LogP) is 4.36. The summed E-state index contributed by atoms with van der Waals surface area (Å²) in [5.41, 5.74) is 2.53. The SMILES string of the molecule is CCOC(=O)C[C@@H]1CN(Cc2ccccc2)C[C@H](CC2OC(C)O2)N1[C@H](C)c1ccccc1. The van der Waals surface area contributed by atoms with Crippen LogP contribution in [0.15, 0.2) is 60.7 Å². The highest BCUT2D eigenvalue weighted by Crippen LogP contribution is 2.34. The molecule has 2 saturated heterocycles. The van der Waals surface area contributed by atoms with E-state index in [4.69, 9.17) is 14.2 Å². The molecule has 0 radical (unpaired) electrons. The fraction of sp³-hybridized carbons (Fsp3) is 0.519. The van der Waals surface area contributed by atoms with Gasteiger partial charge in [0.05, 0.1) is 13.0 Å². The first-order valence-electron chi connectivity index (χ1n) is 12.1. The number of ether oxygens (including phenoxy) is 3. The van der Waals surface area contributed by atoms with Gasteiger partial charge in [-0.25, -0.2) is 0 Å². The summed E-state index contributed by atoms with van der Waals surface area (Å²) in [6, 6.07) is 21.4. The Morgan fingerprint density at radius 1 is 1.03 bits per heavy atom. The average Bonchev–Trinajstić information content (AvgIpc) is 2.79. The molecule has 2 aromatic carbocycles. The standard InChI is InChI=1S/C27H36N2O4/c1-4-31-26(30)15-24-18-28(17-22-11-7-5-8-12-22)19-25(16-27-32-21(3)33-27)29(24)20(2)23-13-9-6-10-14-23/h5-14,20-21,24-25,27H,4,15-19H2,1-3H3/t20-,21?,24-,25+,27?/m1/s1. The van der Waals surface area contributed by atoms with Crippen molar-refractivity contribution in [3.63, 3.8) is 0 Å². The third kappa shape index (κ3) is 6.21. The lowest BCUT2D eigenvalue weighted by molar-refractivity contribution is -0.380. The van der Waals surface area contributed by atoms with E-state index in [0.717, 1.165) is 26.1 Å². The molecule has 2 fully saturated rings. The number of carbonyl (C=O) groups excluding carboxylic acids is 1. The van der Waals surface area contributed by atoms with Crippen LogP contribution in [0.2, 0.25) is 0 Å². The molecule has 0 unspecified atom stereocenters. The van der Waals surface area contributed by atoms with E-state index in [9.17, 15) is 4.79 Å². The van der Waals surface area contributed by atoms with Gasteiger partial charge in [0.25, 0.3) is 0 Å². The zero-order chi connectivity index (χ0) is 23.2. The zero-order valence-corrected chi connectivity index (χ0v) is 19.9. The Hall–Kier alpha value is -2.25. The number of piperazine rings is 1. The largest absolute Gasteiger partial charge is 0.466 e. The summed E-state index contributed by atoms with van der Waals surface area (Å²) in [5.74, 6) is -0.141. The van der Waals surface area contributed by atoms with Gasteiger partial charge in [0.2, 0.25) is 0 Å². The van der Waals surface area contributed by atoms with Gasteiger partial charge < -0.3 is 14.2 Å². The van der Waals surface area contributed by atoms with Gasteiger partial charge >= 0.3 is 5.97 Å². The molecule has 3 atom stereocenters. The summed E-state index contributed by atoms with van der Waals surface area (Å²) >= 11 is 0.